The Hall–Kier alpha value is -1.87. The minimum Gasteiger partial charge on any atom is -0.332 e. The van der Waals surface area contributed by atoms with Crippen LogP contribution in [0.2, 0.25) is 0 Å². The molecule has 1 aromatic heterocycles. The summed E-state index contributed by atoms with van der Waals surface area (Å²) in [6, 6.07) is 14.9. The first-order valence-corrected chi connectivity index (χ1v) is 7.67. The van der Waals surface area contributed by atoms with Crippen LogP contribution in [0, 0.1) is 6.92 Å². The number of fused-ring (bicyclic) bond motifs is 1. The van der Waals surface area contributed by atoms with Gasteiger partial charge in [0.05, 0.1) is 10.2 Å². The van der Waals surface area contributed by atoms with Gasteiger partial charge in [-0.1, -0.05) is 43.4 Å². The van der Waals surface area contributed by atoms with E-state index in [9.17, 15) is 0 Å². The zero-order valence-electron chi connectivity index (χ0n) is 12.0. The fraction of sp³-hybridized carbons (Fsp3) is 0.235. The topological polar surface area (TPSA) is 24.9 Å². The molecule has 0 fully saturated rings. The lowest BCUT2D eigenvalue weighted by Gasteiger charge is -2.08. The van der Waals surface area contributed by atoms with Crippen molar-refractivity contribution >= 4 is 32.4 Å². The van der Waals surface area contributed by atoms with E-state index < -0.39 is 0 Å². The van der Waals surface area contributed by atoms with Gasteiger partial charge in [0.1, 0.15) is 0 Å². The van der Waals surface area contributed by atoms with Gasteiger partial charge in [0.15, 0.2) is 5.13 Å². The standard InChI is InChI=1S/C17H18N2S/c1-11(2)13-5-4-6-14(10-13)18-17-19-15-8-7-12(3)9-16(15)20-17/h4-11H,1-3H3,(H,18,19). The summed E-state index contributed by atoms with van der Waals surface area (Å²) in [5.41, 5.74) is 4.77. The Labute approximate surface area is 123 Å². The van der Waals surface area contributed by atoms with Gasteiger partial charge in [0.25, 0.3) is 0 Å². The van der Waals surface area contributed by atoms with Gasteiger partial charge in [-0.2, -0.15) is 0 Å². The maximum absolute atomic E-state index is 4.63. The van der Waals surface area contributed by atoms with Crippen LogP contribution in [0.1, 0.15) is 30.9 Å². The van der Waals surface area contributed by atoms with E-state index in [1.807, 2.05) is 0 Å². The molecule has 0 saturated heterocycles. The van der Waals surface area contributed by atoms with Gasteiger partial charge in [0, 0.05) is 5.69 Å². The van der Waals surface area contributed by atoms with E-state index in [1.165, 1.54) is 15.8 Å². The Morgan fingerprint density at radius 3 is 2.75 bits per heavy atom. The summed E-state index contributed by atoms with van der Waals surface area (Å²) in [5.74, 6) is 0.537. The minimum atomic E-state index is 0.537. The van der Waals surface area contributed by atoms with Gasteiger partial charge >= 0.3 is 0 Å². The minimum absolute atomic E-state index is 0.537. The molecule has 0 amide bonds. The van der Waals surface area contributed by atoms with E-state index in [0.29, 0.717) is 5.92 Å². The van der Waals surface area contributed by atoms with E-state index in [1.54, 1.807) is 11.3 Å². The highest BCUT2D eigenvalue weighted by Crippen LogP contribution is 2.29. The number of rotatable bonds is 3. The average molecular weight is 282 g/mol. The van der Waals surface area contributed by atoms with Crippen LogP contribution in [0.3, 0.4) is 0 Å². The van der Waals surface area contributed by atoms with Crippen molar-refractivity contribution in [1.29, 1.82) is 0 Å². The summed E-state index contributed by atoms with van der Waals surface area (Å²) < 4.78 is 1.23. The number of aromatic nitrogens is 1. The van der Waals surface area contributed by atoms with Gasteiger partial charge in [-0.3, -0.25) is 0 Å². The zero-order valence-corrected chi connectivity index (χ0v) is 12.8. The normalized spacial score (nSPS) is 11.2. The smallest absolute Gasteiger partial charge is 0.188 e. The third-order valence-electron chi connectivity index (χ3n) is 3.35. The molecule has 1 heterocycles. The van der Waals surface area contributed by atoms with Gasteiger partial charge in [-0.05, 0) is 48.2 Å². The number of nitrogens with one attached hydrogen (secondary N) is 1. The largest absolute Gasteiger partial charge is 0.332 e. The lowest BCUT2D eigenvalue weighted by molar-refractivity contribution is 0.867. The van der Waals surface area contributed by atoms with E-state index in [0.717, 1.165) is 16.3 Å². The summed E-state index contributed by atoms with van der Waals surface area (Å²) in [6.07, 6.45) is 0. The molecule has 0 aliphatic carbocycles. The number of thiazole rings is 1. The van der Waals surface area contributed by atoms with Crippen molar-refractivity contribution in [2.45, 2.75) is 26.7 Å². The molecule has 3 aromatic rings. The summed E-state index contributed by atoms with van der Waals surface area (Å²) in [5, 5.41) is 4.37. The Bertz CT molecular complexity index is 744. The van der Waals surface area contributed by atoms with Crippen molar-refractivity contribution in [3.8, 4) is 0 Å². The summed E-state index contributed by atoms with van der Waals surface area (Å²) in [4.78, 5) is 4.63. The molecule has 0 radical (unpaired) electrons. The van der Waals surface area contributed by atoms with E-state index in [4.69, 9.17) is 0 Å². The summed E-state index contributed by atoms with van der Waals surface area (Å²) >= 11 is 1.70. The van der Waals surface area contributed by atoms with Crippen molar-refractivity contribution < 1.29 is 0 Å². The average Bonchev–Trinajstić information content (AvgIpc) is 2.80. The molecule has 0 aliphatic rings. The molecule has 3 heteroatoms. The second-order valence-corrected chi connectivity index (χ2v) is 6.43. The molecular weight excluding hydrogens is 264 g/mol. The maximum Gasteiger partial charge on any atom is 0.188 e. The van der Waals surface area contributed by atoms with Crippen molar-refractivity contribution in [3.63, 3.8) is 0 Å². The molecule has 3 rings (SSSR count). The lowest BCUT2D eigenvalue weighted by atomic mass is 10.0. The third-order valence-corrected chi connectivity index (χ3v) is 4.28. The molecule has 2 nitrogen and oxygen atoms in total. The number of hydrogen-bond donors (Lipinski definition) is 1. The van der Waals surface area contributed by atoms with Crippen LogP contribution < -0.4 is 5.32 Å². The van der Waals surface area contributed by atoms with Crippen LogP contribution in [-0.2, 0) is 0 Å². The lowest BCUT2D eigenvalue weighted by Crippen LogP contribution is -1.92. The van der Waals surface area contributed by atoms with Crippen LogP contribution in [0.5, 0.6) is 0 Å². The second kappa shape index (κ2) is 5.25. The molecule has 2 aromatic carbocycles. The van der Waals surface area contributed by atoms with Gasteiger partial charge < -0.3 is 5.32 Å². The Kier molecular flexibility index (Phi) is 3.45. The number of anilines is 2. The molecule has 0 aliphatic heterocycles. The Morgan fingerprint density at radius 1 is 1.10 bits per heavy atom. The molecule has 0 unspecified atom stereocenters. The predicted octanol–water partition coefficient (Wildman–Crippen LogP) is 5.47. The van der Waals surface area contributed by atoms with E-state index >= 15 is 0 Å². The highest BCUT2D eigenvalue weighted by molar-refractivity contribution is 7.22. The first kappa shape index (κ1) is 13.1. The van der Waals surface area contributed by atoms with Crippen molar-refractivity contribution in [1.82, 2.24) is 4.98 Å². The zero-order chi connectivity index (χ0) is 14.1. The number of nitrogens with zero attached hydrogens (tertiary/aromatic N) is 1. The predicted molar refractivity (Wildman–Crippen MR) is 88.2 cm³/mol. The SMILES string of the molecule is Cc1ccc2nc(Nc3cccc(C(C)C)c3)sc2c1. The molecule has 1 N–H and O–H groups in total. The first-order chi connectivity index (χ1) is 9.61. The van der Waals surface area contributed by atoms with Crippen LogP contribution >= 0.6 is 11.3 Å². The van der Waals surface area contributed by atoms with Gasteiger partial charge in [-0.15, -0.1) is 0 Å². The monoisotopic (exact) mass is 282 g/mol. The van der Waals surface area contributed by atoms with Crippen LogP contribution in [-0.4, -0.2) is 4.98 Å². The number of aryl methyl sites for hydroxylation is 1. The summed E-state index contributed by atoms with van der Waals surface area (Å²) in [6.45, 7) is 6.53. The highest BCUT2D eigenvalue weighted by Gasteiger charge is 2.05. The molecule has 102 valence electrons. The number of benzene rings is 2. The van der Waals surface area contributed by atoms with E-state index in [2.05, 4.69) is 73.5 Å². The summed E-state index contributed by atoms with van der Waals surface area (Å²) in [7, 11) is 0. The fourth-order valence-electron chi connectivity index (χ4n) is 2.18. The molecule has 0 saturated carbocycles. The van der Waals surface area contributed by atoms with Crippen LogP contribution in [0.15, 0.2) is 42.5 Å². The number of hydrogen-bond acceptors (Lipinski definition) is 3. The fourth-order valence-corrected chi connectivity index (χ4v) is 3.17. The Morgan fingerprint density at radius 2 is 1.95 bits per heavy atom. The quantitative estimate of drug-likeness (QED) is 0.688. The molecule has 0 spiro atoms. The van der Waals surface area contributed by atoms with Crippen molar-refractivity contribution in [3.05, 3.63) is 53.6 Å². The molecule has 20 heavy (non-hydrogen) atoms. The van der Waals surface area contributed by atoms with Gasteiger partial charge in [-0.25, -0.2) is 4.98 Å². The molecule has 0 bridgehead atoms. The second-order valence-electron chi connectivity index (χ2n) is 5.40. The van der Waals surface area contributed by atoms with Crippen LogP contribution in [0.25, 0.3) is 10.2 Å². The molecule has 0 atom stereocenters. The Balaban J connectivity index is 1.90. The van der Waals surface area contributed by atoms with Crippen molar-refractivity contribution in [2.75, 3.05) is 5.32 Å². The molecular formula is C17H18N2S. The maximum atomic E-state index is 4.63. The first-order valence-electron chi connectivity index (χ1n) is 6.86. The van der Waals surface area contributed by atoms with Gasteiger partial charge in [0.2, 0.25) is 0 Å². The third kappa shape index (κ3) is 2.68. The highest BCUT2D eigenvalue weighted by atomic mass is 32.1. The van der Waals surface area contributed by atoms with Crippen molar-refractivity contribution in [2.24, 2.45) is 0 Å². The van der Waals surface area contributed by atoms with Crippen LogP contribution in [0.4, 0.5) is 10.8 Å². The van der Waals surface area contributed by atoms with E-state index in [-0.39, 0.29) is 0 Å².